The molecule has 6 heteroatoms. The zero-order valence-electron chi connectivity index (χ0n) is 7.41. The van der Waals surface area contributed by atoms with Gasteiger partial charge in [0.25, 0.3) is 0 Å². The van der Waals surface area contributed by atoms with E-state index in [2.05, 4.69) is 14.5 Å². The number of aromatic hydroxyl groups is 1. The van der Waals surface area contributed by atoms with Crippen molar-refractivity contribution in [3.8, 4) is 11.5 Å². The van der Waals surface area contributed by atoms with E-state index in [-0.39, 0.29) is 5.75 Å². The lowest BCUT2D eigenvalue weighted by Gasteiger charge is -2.00. The highest BCUT2D eigenvalue weighted by atomic mass is 32.2. The van der Waals surface area contributed by atoms with E-state index in [4.69, 9.17) is 4.74 Å². The summed E-state index contributed by atoms with van der Waals surface area (Å²) in [5.41, 5.74) is 0. The van der Waals surface area contributed by atoms with Crippen molar-refractivity contribution in [2.45, 2.75) is 0 Å². The molecule has 0 saturated heterocycles. The molecule has 0 aliphatic carbocycles. The van der Waals surface area contributed by atoms with Crippen LogP contribution in [0.25, 0.3) is 0 Å². The van der Waals surface area contributed by atoms with Crippen LogP contribution in [0.2, 0.25) is 0 Å². The number of rotatable bonds is 5. The zero-order valence-corrected chi connectivity index (χ0v) is 8.23. The van der Waals surface area contributed by atoms with Crippen LogP contribution in [0.3, 0.4) is 0 Å². The number of nitrogens with zero attached hydrogens (tertiary/aromatic N) is 1. The van der Waals surface area contributed by atoms with Crippen LogP contribution < -0.4 is 4.74 Å². The molecule has 1 N–H and O–H groups in total. The van der Waals surface area contributed by atoms with E-state index in [1.165, 1.54) is 6.07 Å². The topological polar surface area (TPSA) is 60.3 Å². The first-order valence-electron chi connectivity index (χ1n) is 3.67. The largest absolute Gasteiger partial charge is 0.504 e. The van der Waals surface area contributed by atoms with Gasteiger partial charge in [-0.2, -0.15) is 0 Å². The quantitative estimate of drug-likeness (QED) is 0.203. The maximum absolute atomic E-state index is 9.25. The van der Waals surface area contributed by atoms with Gasteiger partial charge in [-0.3, -0.25) is 0 Å². The number of oxime groups is 1. The highest BCUT2D eigenvalue weighted by Crippen LogP contribution is 2.23. The Kier molecular flexibility index (Phi) is 4.66. The fourth-order valence-corrected chi connectivity index (χ4v) is 0.797. The zero-order chi connectivity index (χ0) is 10.2. The molecule has 0 heterocycles. The number of benzene rings is 1. The third-order valence-electron chi connectivity index (χ3n) is 1.23. The second kappa shape index (κ2) is 6.11. The molecule has 1 aromatic carbocycles. The Morgan fingerprint density at radius 3 is 2.93 bits per heavy atom. The van der Waals surface area contributed by atoms with E-state index >= 15 is 0 Å². The van der Waals surface area contributed by atoms with Crippen molar-refractivity contribution in [1.29, 1.82) is 0 Å². The Labute approximate surface area is 85.4 Å². The molecule has 0 spiro atoms. The van der Waals surface area contributed by atoms with Crippen LogP contribution in [0, 0.1) is 0 Å². The number of para-hydroxylation sites is 2. The van der Waals surface area contributed by atoms with E-state index in [1.54, 1.807) is 24.5 Å². The summed E-state index contributed by atoms with van der Waals surface area (Å²) in [6.45, 7) is 0. The first kappa shape index (κ1) is 10.7. The minimum Gasteiger partial charge on any atom is -0.504 e. The molecule has 5 nitrogen and oxygen atoms in total. The fraction of sp³-hybridized carbons (Fsp3) is 0.125. The summed E-state index contributed by atoms with van der Waals surface area (Å²) in [5, 5.41) is 12.5. The molecule has 0 amide bonds. The van der Waals surface area contributed by atoms with Crippen molar-refractivity contribution in [2.75, 3.05) is 6.26 Å². The summed E-state index contributed by atoms with van der Waals surface area (Å²) >= 11 is 1.01. The Morgan fingerprint density at radius 2 is 2.21 bits per heavy atom. The maximum atomic E-state index is 9.25. The van der Waals surface area contributed by atoms with Crippen molar-refractivity contribution in [1.82, 2.24) is 0 Å². The van der Waals surface area contributed by atoms with Crippen LogP contribution in [-0.4, -0.2) is 17.8 Å². The van der Waals surface area contributed by atoms with E-state index < -0.39 is 0 Å². The van der Waals surface area contributed by atoms with Crippen LogP contribution in [0.15, 0.2) is 29.4 Å². The van der Waals surface area contributed by atoms with Crippen LogP contribution in [0.5, 0.6) is 11.5 Å². The van der Waals surface area contributed by atoms with Gasteiger partial charge in [-0.15, -0.1) is 0 Å². The lowest BCUT2D eigenvalue weighted by Crippen LogP contribution is -1.90. The molecule has 0 saturated carbocycles. The average molecular weight is 215 g/mol. The minimum absolute atomic E-state index is 0.0322. The normalized spacial score (nSPS) is 10.4. The van der Waals surface area contributed by atoms with Gasteiger partial charge in [-0.05, 0) is 17.3 Å². The van der Waals surface area contributed by atoms with Gasteiger partial charge >= 0.3 is 0 Å². The lowest BCUT2D eigenvalue weighted by atomic mass is 10.3. The number of hydrogen-bond donors (Lipinski definition) is 1. The van der Waals surface area contributed by atoms with Crippen LogP contribution in [-0.2, 0) is 9.32 Å². The highest BCUT2D eigenvalue weighted by Gasteiger charge is 1.97. The Morgan fingerprint density at radius 1 is 1.43 bits per heavy atom. The van der Waals surface area contributed by atoms with Crippen LogP contribution in [0.4, 0.5) is 0 Å². The molecule has 0 aromatic heterocycles. The van der Waals surface area contributed by atoms with Crippen molar-refractivity contribution >= 4 is 18.4 Å². The second-order valence-corrected chi connectivity index (χ2v) is 2.58. The van der Waals surface area contributed by atoms with Gasteiger partial charge in [0, 0.05) is 18.3 Å². The summed E-state index contributed by atoms with van der Waals surface area (Å²) in [7, 11) is 0. The Balaban J connectivity index is 2.38. The van der Waals surface area contributed by atoms with Crippen molar-refractivity contribution in [2.24, 2.45) is 5.16 Å². The predicted octanol–water partition coefficient (Wildman–Crippen LogP) is 1.94. The lowest BCUT2D eigenvalue weighted by molar-refractivity contribution is -0.190. The molecule has 0 fully saturated rings. The molecule has 1 rings (SSSR count). The molecular formula is C8H9NO4S. The van der Waals surface area contributed by atoms with Gasteiger partial charge in [-0.1, -0.05) is 16.5 Å². The van der Waals surface area contributed by atoms with E-state index in [0.717, 1.165) is 18.4 Å². The summed E-state index contributed by atoms with van der Waals surface area (Å²) < 4.78 is 9.31. The summed E-state index contributed by atoms with van der Waals surface area (Å²) in [4.78, 5) is 4.27. The summed E-state index contributed by atoms with van der Waals surface area (Å²) in [6.07, 6.45) is 2.70. The minimum atomic E-state index is 0.0322. The molecule has 76 valence electrons. The molecule has 0 bridgehead atoms. The number of phenols is 1. The van der Waals surface area contributed by atoms with Crippen molar-refractivity contribution in [3.05, 3.63) is 24.3 Å². The van der Waals surface area contributed by atoms with E-state index in [9.17, 15) is 5.11 Å². The van der Waals surface area contributed by atoms with Gasteiger partial charge in [0.15, 0.2) is 11.5 Å². The average Bonchev–Trinajstić information content (AvgIpc) is 2.20. The first-order valence-corrected chi connectivity index (χ1v) is 4.82. The van der Waals surface area contributed by atoms with Crippen LogP contribution >= 0.6 is 12.0 Å². The molecule has 0 aliphatic heterocycles. The first-order chi connectivity index (χ1) is 6.84. The van der Waals surface area contributed by atoms with Gasteiger partial charge in [0.2, 0.25) is 6.40 Å². The summed E-state index contributed by atoms with van der Waals surface area (Å²) in [6, 6.07) is 6.51. The smallest absolute Gasteiger partial charge is 0.222 e. The number of ether oxygens (including phenoxy) is 1. The molecule has 14 heavy (non-hydrogen) atoms. The molecule has 0 atom stereocenters. The van der Waals surface area contributed by atoms with Crippen molar-refractivity contribution < 1.29 is 19.2 Å². The second-order valence-electron chi connectivity index (χ2n) is 2.11. The summed E-state index contributed by atoms with van der Waals surface area (Å²) in [5.74, 6) is 0.328. The number of phenolic OH excluding ortho intramolecular Hbond substituents is 1. The standard InChI is InChI=1S/C8H9NO4S/c1-14-13-12-9-6-11-8-5-3-2-4-7(8)10/h2-6,10H,1H3/b9-6+. The molecular weight excluding hydrogens is 206 g/mol. The Bertz CT molecular complexity index is 305. The van der Waals surface area contributed by atoms with Crippen LogP contribution in [0.1, 0.15) is 0 Å². The SMILES string of the molecule is CSOO/N=C/Oc1ccccc1O. The maximum Gasteiger partial charge on any atom is 0.222 e. The molecule has 0 aliphatic rings. The highest BCUT2D eigenvalue weighted by molar-refractivity contribution is 7.93. The fourth-order valence-electron chi connectivity index (χ4n) is 0.701. The predicted molar refractivity (Wildman–Crippen MR) is 52.9 cm³/mol. The van der Waals surface area contributed by atoms with Gasteiger partial charge in [0.1, 0.15) is 0 Å². The van der Waals surface area contributed by atoms with Gasteiger partial charge in [0.05, 0.1) is 0 Å². The van der Waals surface area contributed by atoms with Gasteiger partial charge in [-0.25, -0.2) is 4.99 Å². The molecule has 1 aromatic rings. The van der Waals surface area contributed by atoms with Gasteiger partial charge < -0.3 is 9.84 Å². The third kappa shape index (κ3) is 3.55. The molecule has 0 unspecified atom stereocenters. The monoisotopic (exact) mass is 215 g/mol. The van der Waals surface area contributed by atoms with E-state index in [1.807, 2.05) is 0 Å². The van der Waals surface area contributed by atoms with E-state index in [0.29, 0.717) is 5.75 Å². The Hall–Kier alpha value is -1.40. The van der Waals surface area contributed by atoms with Crippen molar-refractivity contribution in [3.63, 3.8) is 0 Å². The molecule has 0 radical (unpaired) electrons. The third-order valence-corrected chi connectivity index (χ3v) is 1.43. The number of hydrogen-bond acceptors (Lipinski definition) is 6.